The molecule has 0 aromatic heterocycles. The van der Waals surface area contributed by atoms with Crippen LogP contribution in [0.1, 0.15) is 88.0 Å². The van der Waals surface area contributed by atoms with Crippen molar-refractivity contribution in [1.82, 2.24) is 4.90 Å². The molecule has 0 amide bonds. The second-order valence-corrected chi connectivity index (χ2v) is 18.0. The smallest absolute Gasteiger partial charge is 0.192 e. The van der Waals surface area contributed by atoms with E-state index in [1.807, 2.05) is 13.8 Å². The zero-order valence-electron chi connectivity index (χ0n) is 23.4. The predicted molar refractivity (Wildman–Crippen MR) is 141 cm³/mol. The molecule has 0 spiro atoms. The van der Waals surface area contributed by atoms with E-state index in [0.717, 1.165) is 19.4 Å². The van der Waals surface area contributed by atoms with Crippen molar-refractivity contribution in [3.05, 3.63) is 23.3 Å². The van der Waals surface area contributed by atoms with Gasteiger partial charge >= 0.3 is 0 Å². The van der Waals surface area contributed by atoms with E-state index in [2.05, 4.69) is 78.6 Å². The summed E-state index contributed by atoms with van der Waals surface area (Å²) in [6.45, 7) is 27.2. The monoisotopic (exact) mass is 477 g/mol. The van der Waals surface area contributed by atoms with Gasteiger partial charge in [0.05, 0.1) is 11.7 Å². The van der Waals surface area contributed by atoms with E-state index in [1.54, 1.807) is 5.57 Å². The standard InChI is InChI=1S/C28H51NO3Si/c1-20(14-15-21(2)25-22(3)30-27(7,8)31-25)17-23-18-28(9,24-13-12-16-29(24)19-23)32-33(10,11)26(4,5)6/h15,17,20,22,24-25H,12-14,16,18-19H2,1-11H3/b21-15+,23-17-/t20-,22-,24+,25-,28+/m1/s1. The quantitative estimate of drug-likeness (QED) is 0.302. The molecular formula is C28H51NO3Si. The molecule has 0 aliphatic carbocycles. The van der Waals surface area contributed by atoms with Gasteiger partial charge in [-0.25, -0.2) is 0 Å². The molecule has 5 atom stereocenters. The maximum absolute atomic E-state index is 7.17. The summed E-state index contributed by atoms with van der Waals surface area (Å²) in [5.41, 5.74) is 2.76. The van der Waals surface area contributed by atoms with Crippen LogP contribution in [0.2, 0.25) is 18.1 Å². The van der Waals surface area contributed by atoms with E-state index in [0.29, 0.717) is 12.0 Å². The van der Waals surface area contributed by atoms with Gasteiger partial charge in [-0.2, -0.15) is 0 Å². The van der Waals surface area contributed by atoms with Gasteiger partial charge in [0.1, 0.15) is 6.10 Å². The molecule has 0 bridgehead atoms. The van der Waals surface area contributed by atoms with Crippen LogP contribution < -0.4 is 0 Å². The Bertz CT molecular complexity index is 766. The summed E-state index contributed by atoms with van der Waals surface area (Å²) < 4.78 is 19.2. The molecule has 3 heterocycles. The van der Waals surface area contributed by atoms with E-state index < -0.39 is 14.1 Å². The highest BCUT2D eigenvalue weighted by atomic mass is 28.4. The van der Waals surface area contributed by atoms with Crippen LogP contribution in [0.4, 0.5) is 0 Å². The van der Waals surface area contributed by atoms with E-state index in [-0.39, 0.29) is 22.8 Å². The average molecular weight is 478 g/mol. The molecule has 4 nitrogen and oxygen atoms in total. The average Bonchev–Trinajstić information content (AvgIpc) is 3.22. The van der Waals surface area contributed by atoms with Gasteiger partial charge in [-0.1, -0.05) is 45.4 Å². The van der Waals surface area contributed by atoms with Crippen LogP contribution in [-0.4, -0.2) is 55.9 Å². The highest BCUT2D eigenvalue weighted by Crippen LogP contribution is 2.46. The molecule has 3 fully saturated rings. The van der Waals surface area contributed by atoms with Crippen molar-refractivity contribution in [3.8, 4) is 0 Å². The Kier molecular flexibility index (Phi) is 7.84. The molecule has 5 heteroatoms. The van der Waals surface area contributed by atoms with Crippen LogP contribution in [0.25, 0.3) is 0 Å². The maximum Gasteiger partial charge on any atom is 0.192 e. The summed E-state index contributed by atoms with van der Waals surface area (Å²) in [6.07, 6.45) is 9.72. The van der Waals surface area contributed by atoms with Crippen LogP contribution in [0.5, 0.6) is 0 Å². The second kappa shape index (κ2) is 9.53. The van der Waals surface area contributed by atoms with Gasteiger partial charge in [0.15, 0.2) is 14.1 Å². The fourth-order valence-electron chi connectivity index (χ4n) is 5.90. The van der Waals surface area contributed by atoms with Crippen LogP contribution in [-0.2, 0) is 13.9 Å². The molecule has 0 aromatic rings. The summed E-state index contributed by atoms with van der Waals surface area (Å²) in [6, 6.07) is 0.561. The van der Waals surface area contributed by atoms with Crippen LogP contribution >= 0.6 is 0 Å². The third-order valence-corrected chi connectivity index (χ3v) is 13.0. The molecule has 0 N–H and O–H groups in total. The minimum Gasteiger partial charge on any atom is -0.410 e. The van der Waals surface area contributed by atoms with E-state index in [1.165, 1.54) is 25.0 Å². The molecule has 3 aliphatic rings. The lowest BCUT2D eigenvalue weighted by atomic mass is 9.82. The lowest BCUT2D eigenvalue weighted by Gasteiger charge is -2.52. The third-order valence-electron chi connectivity index (χ3n) is 8.43. The van der Waals surface area contributed by atoms with Crippen molar-refractivity contribution in [1.29, 1.82) is 0 Å². The summed E-state index contributed by atoms with van der Waals surface area (Å²) in [5, 5.41) is 0.230. The molecule has 3 rings (SSSR count). The van der Waals surface area contributed by atoms with Gasteiger partial charge < -0.3 is 13.9 Å². The van der Waals surface area contributed by atoms with Gasteiger partial charge in [-0.05, 0) is 96.5 Å². The Balaban J connectivity index is 1.71. The summed E-state index contributed by atoms with van der Waals surface area (Å²) in [5.74, 6) is 0.00676. The number of ether oxygens (including phenoxy) is 2. The van der Waals surface area contributed by atoms with E-state index in [9.17, 15) is 0 Å². The van der Waals surface area contributed by atoms with E-state index >= 15 is 0 Å². The van der Waals surface area contributed by atoms with Gasteiger partial charge in [0.25, 0.3) is 0 Å². The van der Waals surface area contributed by atoms with Crippen molar-refractivity contribution in [3.63, 3.8) is 0 Å². The van der Waals surface area contributed by atoms with Crippen LogP contribution in [0, 0.1) is 5.92 Å². The van der Waals surface area contributed by atoms with Gasteiger partial charge in [0, 0.05) is 12.6 Å². The number of rotatable bonds is 6. The number of fused-ring (bicyclic) bond motifs is 1. The first-order valence-electron chi connectivity index (χ1n) is 13.2. The van der Waals surface area contributed by atoms with Gasteiger partial charge in [-0.15, -0.1) is 0 Å². The molecule has 0 unspecified atom stereocenters. The van der Waals surface area contributed by atoms with Gasteiger partial charge in [0.2, 0.25) is 0 Å². The Morgan fingerprint density at radius 1 is 1.24 bits per heavy atom. The minimum atomic E-state index is -1.85. The lowest BCUT2D eigenvalue weighted by Crippen LogP contribution is -2.59. The Morgan fingerprint density at radius 2 is 1.91 bits per heavy atom. The molecule has 190 valence electrons. The largest absolute Gasteiger partial charge is 0.410 e. The molecule has 0 aromatic carbocycles. The molecule has 3 aliphatic heterocycles. The molecule has 3 saturated heterocycles. The summed E-state index contributed by atoms with van der Waals surface area (Å²) in [7, 11) is -1.85. The fourth-order valence-corrected chi connectivity index (χ4v) is 7.58. The second-order valence-electron chi connectivity index (χ2n) is 13.2. The minimum absolute atomic E-state index is 0.0566. The Hall–Kier alpha value is -0.463. The molecule has 0 radical (unpaired) electrons. The summed E-state index contributed by atoms with van der Waals surface area (Å²) in [4.78, 5) is 2.70. The lowest BCUT2D eigenvalue weighted by molar-refractivity contribution is -0.142. The predicted octanol–water partition coefficient (Wildman–Crippen LogP) is 7.07. The number of hydrogen-bond donors (Lipinski definition) is 0. The summed E-state index contributed by atoms with van der Waals surface area (Å²) >= 11 is 0. The van der Waals surface area contributed by atoms with Crippen molar-refractivity contribution in [2.75, 3.05) is 13.1 Å². The van der Waals surface area contributed by atoms with Crippen molar-refractivity contribution in [2.24, 2.45) is 5.92 Å². The highest BCUT2D eigenvalue weighted by Gasteiger charge is 2.51. The fraction of sp³-hybridized carbons (Fsp3) is 0.857. The van der Waals surface area contributed by atoms with E-state index in [4.69, 9.17) is 13.9 Å². The number of nitrogens with zero attached hydrogens (tertiary/aromatic N) is 1. The Morgan fingerprint density at radius 3 is 2.48 bits per heavy atom. The van der Waals surface area contributed by atoms with Crippen molar-refractivity contribution >= 4 is 8.32 Å². The zero-order chi connectivity index (χ0) is 24.8. The SMILES string of the molecule is C/C(=C\C[C@@H](C)/C=C1\CN2CCC[C@H]2[C@@](C)(O[Si](C)(C)C(C)(C)C)C1)[C@H]1OC(C)(C)O[C@@H]1C. The molecule has 0 saturated carbocycles. The zero-order valence-corrected chi connectivity index (χ0v) is 24.4. The number of piperidine rings is 1. The molecular weight excluding hydrogens is 426 g/mol. The van der Waals surface area contributed by atoms with Crippen molar-refractivity contribution in [2.45, 2.75) is 136 Å². The number of hydrogen-bond acceptors (Lipinski definition) is 4. The third kappa shape index (κ3) is 6.21. The first-order valence-corrected chi connectivity index (χ1v) is 16.1. The first-order chi connectivity index (χ1) is 15.0. The first kappa shape index (κ1) is 27.1. The Labute approximate surface area is 205 Å². The van der Waals surface area contributed by atoms with Gasteiger partial charge in [-0.3, -0.25) is 4.90 Å². The topological polar surface area (TPSA) is 30.9 Å². The maximum atomic E-state index is 7.17. The molecule has 33 heavy (non-hydrogen) atoms. The number of allylic oxidation sites excluding steroid dienone is 2. The van der Waals surface area contributed by atoms with Crippen LogP contribution in [0.15, 0.2) is 23.3 Å². The van der Waals surface area contributed by atoms with Crippen molar-refractivity contribution < 1.29 is 13.9 Å². The van der Waals surface area contributed by atoms with Crippen LogP contribution in [0.3, 0.4) is 0 Å². The highest BCUT2D eigenvalue weighted by molar-refractivity contribution is 6.74. The normalized spacial score (nSPS) is 35.8.